The van der Waals surface area contributed by atoms with E-state index in [4.69, 9.17) is 5.26 Å². The minimum absolute atomic E-state index is 0.0252. The first kappa shape index (κ1) is 21.6. The van der Waals surface area contributed by atoms with Gasteiger partial charge in [0, 0.05) is 38.4 Å². The number of piperazine rings is 1. The van der Waals surface area contributed by atoms with Gasteiger partial charge in [-0.2, -0.15) is 5.26 Å². The molecule has 0 saturated carbocycles. The molecule has 30 heavy (non-hydrogen) atoms. The first-order valence-corrected chi connectivity index (χ1v) is 10.4. The first-order chi connectivity index (χ1) is 14.6. The third-order valence-electron chi connectivity index (χ3n) is 5.29. The Morgan fingerprint density at radius 3 is 2.83 bits per heavy atom. The lowest BCUT2D eigenvalue weighted by Crippen LogP contribution is -2.51. The molecule has 2 saturated heterocycles. The third-order valence-corrected chi connectivity index (χ3v) is 5.29. The van der Waals surface area contributed by atoms with Crippen LogP contribution in [0.4, 0.5) is 5.69 Å². The molecule has 3 rings (SSSR count). The lowest BCUT2D eigenvalue weighted by atomic mass is 10.1. The van der Waals surface area contributed by atoms with Crippen molar-refractivity contribution in [2.75, 3.05) is 44.6 Å². The van der Waals surface area contributed by atoms with Crippen molar-refractivity contribution in [3.63, 3.8) is 0 Å². The number of hydrogen-bond donors (Lipinski definition) is 3. The van der Waals surface area contributed by atoms with E-state index in [1.165, 1.54) is 0 Å². The maximum absolute atomic E-state index is 13.1. The van der Waals surface area contributed by atoms with Crippen LogP contribution in [0.3, 0.4) is 0 Å². The molecule has 0 aromatic heterocycles. The van der Waals surface area contributed by atoms with Crippen LogP contribution in [0.2, 0.25) is 0 Å². The van der Waals surface area contributed by atoms with Gasteiger partial charge in [-0.15, -0.1) is 0 Å². The van der Waals surface area contributed by atoms with E-state index in [0.717, 1.165) is 37.2 Å². The van der Waals surface area contributed by atoms with Gasteiger partial charge in [-0.05, 0) is 43.9 Å². The number of likely N-dealkylation sites (tertiary alicyclic amines) is 1. The predicted octanol–water partition coefficient (Wildman–Crippen LogP) is 0.647. The van der Waals surface area contributed by atoms with Crippen molar-refractivity contribution in [1.82, 2.24) is 20.4 Å². The summed E-state index contributed by atoms with van der Waals surface area (Å²) in [6.07, 6.45) is 4.13. The van der Waals surface area contributed by atoms with Crippen molar-refractivity contribution < 1.29 is 9.59 Å². The second-order valence-electron chi connectivity index (χ2n) is 7.61. The summed E-state index contributed by atoms with van der Waals surface area (Å²) in [5.74, 6) is 0.0405. The monoisotopic (exact) mass is 411 g/mol. The van der Waals surface area contributed by atoms with Crippen molar-refractivity contribution in [1.29, 1.82) is 5.26 Å². The molecular weight excluding hydrogens is 382 g/mol. The normalized spacial score (nSPS) is 20.3. The average molecular weight is 412 g/mol. The fraction of sp³-hybridized carbons (Fsp3) is 0.524. The standard InChI is InChI=1S/C21H29N7O2/c1-16-5-4-6-17(13-16)25-21(24-15-22)26-18-7-2-3-10-28(20(18)30)14-19(29)27-11-8-23-9-12-27/h4-6,13,18,23H,2-3,7-12,14H2,1H3,(H2,24,25,26). The fourth-order valence-corrected chi connectivity index (χ4v) is 3.70. The van der Waals surface area contributed by atoms with Crippen molar-refractivity contribution in [3.05, 3.63) is 29.8 Å². The number of aliphatic imine (C=N–C) groups is 1. The molecule has 0 aliphatic carbocycles. The van der Waals surface area contributed by atoms with Gasteiger partial charge < -0.3 is 20.4 Å². The van der Waals surface area contributed by atoms with Gasteiger partial charge in [-0.1, -0.05) is 12.1 Å². The van der Waals surface area contributed by atoms with Crippen LogP contribution in [0.5, 0.6) is 0 Å². The van der Waals surface area contributed by atoms with Crippen LogP contribution >= 0.6 is 0 Å². The van der Waals surface area contributed by atoms with Gasteiger partial charge in [-0.3, -0.25) is 14.9 Å². The number of hydrogen-bond acceptors (Lipinski definition) is 5. The number of nitriles is 1. The van der Waals surface area contributed by atoms with Gasteiger partial charge in [0.2, 0.25) is 17.8 Å². The Labute approximate surface area is 177 Å². The molecule has 0 bridgehead atoms. The van der Waals surface area contributed by atoms with Crippen LogP contribution in [0.1, 0.15) is 24.8 Å². The first-order valence-electron chi connectivity index (χ1n) is 10.4. The molecule has 3 N–H and O–H groups in total. The smallest absolute Gasteiger partial charge is 0.247 e. The number of carbonyl (C=O) groups is 2. The lowest BCUT2D eigenvalue weighted by Gasteiger charge is -2.30. The van der Waals surface area contributed by atoms with Gasteiger partial charge >= 0.3 is 0 Å². The summed E-state index contributed by atoms with van der Waals surface area (Å²) < 4.78 is 0. The largest absolute Gasteiger partial charge is 0.339 e. The van der Waals surface area contributed by atoms with Gasteiger partial charge in [0.1, 0.15) is 6.04 Å². The highest BCUT2D eigenvalue weighted by Gasteiger charge is 2.30. The van der Waals surface area contributed by atoms with E-state index in [1.54, 1.807) is 9.80 Å². The van der Waals surface area contributed by atoms with E-state index < -0.39 is 6.04 Å². The Morgan fingerprint density at radius 1 is 1.30 bits per heavy atom. The minimum atomic E-state index is -0.628. The fourth-order valence-electron chi connectivity index (χ4n) is 3.70. The number of guanidine groups is 1. The zero-order chi connectivity index (χ0) is 21.3. The molecule has 2 heterocycles. The summed E-state index contributed by atoms with van der Waals surface area (Å²) in [4.78, 5) is 33.7. The number of anilines is 1. The molecule has 1 unspecified atom stereocenters. The third kappa shape index (κ3) is 5.94. The lowest BCUT2D eigenvalue weighted by molar-refractivity contribution is -0.141. The predicted molar refractivity (Wildman–Crippen MR) is 115 cm³/mol. The summed E-state index contributed by atoms with van der Waals surface area (Å²) in [5, 5.41) is 17.9. The van der Waals surface area contributed by atoms with Gasteiger partial charge in [0.15, 0.2) is 6.19 Å². The summed E-state index contributed by atoms with van der Waals surface area (Å²) in [5.41, 5.74) is 1.85. The average Bonchev–Trinajstić information content (AvgIpc) is 2.91. The molecule has 9 nitrogen and oxygen atoms in total. The van der Waals surface area contributed by atoms with E-state index in [1.807, 2.05) is 37.4 Å². The Kier molecular flexibility index (Phi) is 7.63. The highest BCUT2D eigenvalue weighted by Crippen LogP contribution is 2.16. The van der Waals surface area contributed by atoms with Crippen LogP contribution in [-0.4, -0.2) is 72.9 Å². The van der Waals surface area contributed by atoms with E-state index in [2.05, 4.69) is 20.9 Å². The van der Waals surface area contributed by atoms with Gasteiger partial charge in [0.25, 0.3) is 0 Å². The van der Waals surface area contributed by atoms with Crippen LogP contribution in [0, 0.1) is 18.4 Å². The SMILES string of the molecule is Cc1cccc(NC(=NC2CCCCN(CC(=O)N3CCNCC3)C2=O)NC#N)c1. The molecule has 2 aliphatic rings. The van der Waals surface area contributed by atoms with Gasteiger partial charge in [0.05, 0.1) is 6.54 Å². The second-order valence-corrected chi connectivity index (χ2v) is 7.61. The van der Waals surface area contributed by atoms with Crippen LogP contribution < -0.4 is 16.0 Å². The highest BCUT2D eigenvalue weighted by molar-refractivity contribution is 5.97. The Balaban J connectivity index is 1.71. The van der Waals surface area contributed by atoms with Gasteiger partial charge in [-0.25, -0.2) is 4.99 Å². The Morgan fingerprint density at radius 2 is 2.10 bits per heavy atom. The number of nitrogens with one attached hydrogen (secondary N) is 3. The van der Waals surface area contributed by atoms with Crippen molar-refractivity contribution in [2.24, 2.45) is 4.99 Å². The maximum Gasteiger partial charge on any atom is 0.247 e. The van der Waals surface area contributed by atoms with Crippen LogP contribution in [-0.2, 0) is 9.59 Å². The second kappa shape index (κ2) is 10.6. The zero-order valence-corrected chi connectivity index (χ0v) is 17.4. The van der Waals surface area contributed by atoms with Crippen LogP contribution in [0.25, 0.3) is 0 Å². The van der Waals surface area contributed by atoms with E-state index in [9.17, 15) is 9.59 Å². The molecule has 2 amide bonds. The molecule has 9 heteroatoms. The number of amides is 2. The molecule has 1 aromatic rings. The maximum atomic E-state index is 13.1. The summed E-state index contributed by atoms with van der Waals surface area (Å²) in [6, 6.07) is 7.05. The van der Waals surface area contributed by atoms with Crippen molar-refractivity contribution in [2.45, 2.75) is 32.2 Å². The van der Waals surface area contributed by atoms with E-state index in [0.29, 0.717) is 26.1 Å². The quantitative estimate of drug-likeness (QED) is 0.290. The van der Waals surface area contributed by atoms with Crippen LogP contribution in [0.15, 0.2) is 29.3 Å². The number of rotatable bonds is 4. The summed E-state index contributed by atoms with van der Waals surface area (Å²) >= 11 is 0. The molecule has 160 valence electrons. The van der Waals surface area contributed by atoms with Crippen molar-refractivity contribution in [3.8, 4) is 6.19 Å². The minimum Gasteiger partial charge on any atom is -0.339 e. The highest BCUT2D eigenvalue weighted by atomic mass is 16.2. The van der Waals surface area contributed by atoms with E-state index >= 15 is 0 Å². The molecule has 1 aromatic carbocycles. The molecule has 2 aliphatic heterocycles. The van der Waals surface area contributed by atoms with Crippen molar-refractivity contribution >= 4 is 23.5 Å². The summed E-state index contributed by atoms with van der Waals surface area (Å²) in [6.45, 7) is 5.49. The topological polar surface area (TPSA) is 113 Å². The molecule has 0 spiro atoms. The van der Waals surface area contributed by atoms with E-state index in [-0.39, 0.29) is 24.3 Å². The summed E-state index contributed by atoms with van der Waals surface area (Å²) in [7, 11) is 0. The molecule has 0 radical (unpaired) electrons. The Bertz CT molecular complexity index is 827. The number of benzene rings is 1. The number of nitrogens with zero attached hydrogens (tertiary/aromatic N) is 4. The Hall–Kier alpha value is -3.12. The zero-order valence-electron chi connectivity index (χ0n) is 17.4. The number of carbonyl (C=O) groups excluding carboxylic acids is 2. The number of aryl methyl sites for hydroxylation is 1. The molecule has 2 fully saturated rings. The molecular formula is C21H29N7O2. The molecule has 1 atom stereocenters.